The number of benzene rings is 1. The van der Waals surface area contributed by atoms with Gasteiger partial charge in [0.05, 0.1) is 18.1 Å². The zero-order valence-electron chi connectivity index (χ0n) is 19.3. The number of nitrogens with zero attached hydrogens (tertiary/aromatic N) is 5. The second-order valence-electron chi connectivity index (χ2n) is 7.96. The lowest BCUT2D eigenvalue weighted by Gasteiger charge is -2.29. The monoisotopic (exact) mass is 489 g/mol. The van der Waals surface area contributed by atoms with E-state index in [-0.39, 0.29) is 30.6 Å². The molecule has 0 bridgehead atoms. The predicted octanol–water partition coefficient (Wildman–Crippen LogP) is 2.32. The molecule has 0 atom stereocenters. The van der Waals surface area contributed by atoms with E-state index in [9.17, 15) is 13.2 Å². The van der Waals surface area contributed by atoms with Crippen molar-refractivity contribution in [1.82, 2.24) is 24.0 Å². The minimum Gasteiger partial charge on any atom is -0.493 e. The Morgan fingerprint density at radius 3 is 2.62 bits per heavy atom. The number of piperidine rings is 1. The highest BCUT2D eigenvalue weighted by Gasteiger charge is 2.34. The molecule has 1 aliphatic heterocycles. The summed E-state index contributed by atoms with van der Waals surface area (Å²) in [6.45, 7) is 4.41. The standard InChI is InChI=1S/C22H27N5O6S/c1-4-31-18-8-6-5-7-17(18)21-24-19(33-25-21)14-32-22(28)16-9-11-27(12-10-16)34(29,30)20-13-26(3)15(2)23-20/h5-8,13,16H,4,9-12,14H2,1-3H3. The van der Waals surface area contributed by atoms with Crippen LogP contribution in [-0.4, -0.2) is 58.1 Å². The van der Waals surface area contributed by atoms with Gasteiger partial charge in [0.15, 0.2) is 11.6 Å². The molecule has 3 aromatic rings. The third-order valence-corrected chi connectivity index (χ3v) is 7.48. The van der Waals surface area contributed by atoms with E-state index < -0.39 is 21.9 Å². The second kappa shape index (κ2) is 9.94. The van der Waals surface area contributed by atoms with Crippen LogP contribution in [-0.2, 0) is 33.2 Å². The molecule has 12 heteroatoms. The summed E-state index contributed by atoms with van der Waals surface area (Å²) in [4.78, 5) is 21.0. The Morgan fingerprint density at radius 1 is 1.21 bits per heavy atom. The van der Waals surface area contributed by atoms with Gasteiger partial charge in [-0.15, -0.1) is 0 Å². The van der Waals surface area contributed by atoms with Crippen LogP contribution >= 0.6 is 0 Å². The first-order chi connectivity index (χ1) is 16.3. The topological polar surface area (TPSA) is 130 Å². The maximum Gasteiger partial charge on any atom is 0.309 e. The average Bonchev–Trinajstić information content (AvgIpc) is 3.45. The Morgan fingerprint density at radius 2 is 1.94 bits per heavy atom. The quantitative estimate of drug-likeness (QED) is 0.438. The average molecular weight is 490 g/mol. The van der Waals surface area contributed by atoms with Crippen molar-refractivity contribution in [3.8, 4) is 17.1 Å². The summed E-state index contributed by atoms with van der Waals surface area (Å²) in [5.41, 5.74) is 0.683. The van der Waals surface area contributed by atoms with Crippen LogP contribution in [0.15, 0.2) is 40.0 Å². The van der Waals surface area contributed by atoms with Crippen LogP contribution in [0.1, 0.15) is 31.5 Å². The molecule has 0 spiro atoms. The highest BCUT2D eigenvalue weighted by Crippen LogP contribution is 2.28. The number of hydrogen-bond acceptors (Lipinski definition) is 9. The van der Waals surface area contributed by atoms with E-state index in [0.717, 1.165) is 0 Å². The van der Waals surface area contributed by atoms with Crippen molar-refractivity contribution in [3.05, 3.63) is 42.2 Å². The van der Waals surface area contributed by atoms with Gasteiger partial charge in [0.1, 0.15) is 11.6 Å². The van der Waals surface area contributed by atoms with Gasteiger partial charge in [-0.05, 0) is 38.8 Å². The van der Waals surface area contributed by atoms with Gasteiger partial charge in [-0.25, -0.2) is 13.4 Å². The summed E-state index contributed by atoms with van der Waals surface area (Å²) >= 11 is 0. The third kappa shape index (κ3) is 4.97. The number of aromatic nitrogens is 4. The molecular formula is C22H27N5O6S. The van der Waals surface area contributed by atoms with Crippen molar-refractivity contribution < 1.29 is 27.2 Å². The first-order valence-corrected chi connectivity index (χ1v) is 12.4. The van der Waals surface area contributed by atoms with E-state index in [4.69, 9.17) is 14.0 Å². The van der Waals surface area contributed by atoms with Crippen molar-refractivity contribution in [3.63, 3.8) is 0 Å². The van der Waals surface area contributed by atoms with Crippen LogP contribution in [0, 0.1) is 12.8 Å². The van der Waals surface area contributed by atoms with Crippen LogP contribution in [0.4, 0.5) is 0 Å². The summed E-state index contributed by atoms with van der Waals surface area (Å²) < 4.78 is 44.8. The number of aryl methyl sites for hydroxylation is 2. The lowest BCUT2D eigenvalue weighted by Crippen LogP contribution is -2.40. The third-order valence-electron chi connectivity index (χ3n) is 5.71. The van der Waals surface area contributed by atoms with Crippen molar-refractivity contribution in [2.24, 2.45) is 13.0 Å². The molecule has 34 heavy (non-hydrogen) atoms. The molecule has 0 radical (unpaired) electrons. The molecule has 182 valence electrons. The maximum absolute atomic E-state index is 12.8. The Bertz CT molecular complexity index is 1240. The smallest absolute Gasteiger partial charge is 0.309 e. The summed E-state index contributed by atoms with van der Waals surface area (Å²) in [6.07, 6.45) is 2.22. The zero-order valence-corrected chi connectivity index (χ0v) is 20.1. The van der Waals surface area contributed by atoms with E-state index >= 15 is 0 Å². The number of hydrogen-bond donors (Lipinski definition) is 0. The number of imidazole rings is 1. The van der Waals surface area contributed by atoms with Gasteiger partial charge in [0.25, 0.3) is 15.9 Å². The SMILES string of the molecule is CCOc1ccccc1-c1noc(COC(=O)C2CCN(S(=O)(=O)c3cn(C)c(C)n3)CC2)n1. The molecule has 0 amide bonds. The number of carbonyl (C=O) groups excluding carboxylic acids is 1. The normalized spacial score (nSPS) is 15.4. The van der Waals surface area contributed by atoms with E-state index in [1.807, 2.05) is 31.2 Å². The molecule has 2 aromatic heterocycles. The number of rotatable bonds is 8. The molecule has 3 heterocycles. The molecule has 1 aliphatic rings. The number of sulfonamides is 1. The minimum atomic E-state index is -3.69. The summed E-state index contributed by atoms with van der Waals surface area (Å²) in [7, 11) is -1.95. The molecular weight excluding hydrogens is 462 g/mol. The number of carbonyl (C=O) groups is 1. The highest BCUT2D eigenvalue weighted by atomic mass is 32.2. The maximum atomic E-state index is 12.8. The first-order valence-electron chi connectivity index (χ1n) is 11.0. The molecule has 0 unspecified atom stereocenters. The van der Waals surface area contributed by atoms with E-state index in [1.165, 1.54) is 10.5 Å². The van der Waals surface area contributed by atoms with Crippen molar-refractivity contribution in [1.29, 1.82) is 0 Å². The van der Waals surface area contributed by atoms with Gasteiger partial charge < -0.3 is 18.6 Å². The minimum absolute atomic E-state index is 0.0200. The fourth-order valence-corrected chi connectivity index (χ4v) is 5.22. The van der Waals surface area contributed by atoms with Gasteiger partial charge in [0, 0.05) is 26.3 Å². The zero-order chi connectivity index (χ0) is 24.3. The summed E-state index contributed by atoms with van der Waals surface area (Å²) in [5.74, 6) is 0.941. The van der Waals surface area contributed by atoms with Crippen molar-refractivity contribution in [2.75, 3.05) is 19.7 Å². The van der Waals surface area contributed by atoms with Gasteiger partial charge in [-0.1, -0.05) is 17.3 Å². The van der Waals surface area contributed by atoms with Crippen LogP contribution in [0.3, 0.4) is 0 Å². The molecule has 11 nitrogen and oxygen atoms in total. The lowest BCUT2D eigenvalue weighted by molar-refractivity contribution is -0.152. The molecule has 0 aliphatic carbocycles. The fourth-order valence-electron chi connectivity index (χ4n) is 3.72. The fraction of sp³-hybridized carbons (Fsp3) is 0.455. The summed E-state index contributed by atoms with van der Waals surface area (Å²) in [5, 5.41) is 3.98. The molecule has 0 N–H and O–H groups in total. The Hall–Kier alpha value is -3.25. The lowest BCUT2D eigenvalue weighted by atomic mass is 9.98. The van der Waals surface area contributed by atoms with E-state index in [1.54, 1.807) is 18.5 Å². The number of para-hydroxylation sites is 1. The molecule has 1 aromatic carbocycles. The Balaban J connectivity index is 1.31. The Labute approximate surface area is 197 Å². The van der Waals surface area contributed by atoms with Gasteiger partial charge >= 0.3 is 5.97 Å². The van der Waals surface area contributed by atoms with Gasteiger partial charge in [-0.2, -0.15) is 9.29 Å². The first kappa shape index (κ1) is 23.9. The number of ether oxygens (including phenoxy) is 2. The largest absolute Gasteiger partial charge is 0.493 e. The van der Waals surface area contributed by atoms with Gasteiger partial charge in [-0.3, -0.25) is 4.79 Å². The highest BCUT2D eigenvalue weighted by molar-refractivity contribution is 7.89. The molecule has 1 fully saturated rings. The van der Waals surface area contributed by atoms with E-state index in [2.05, 4.69) is 15.1 Å². The van der Waals surface area contributed by atoms with Crippen LogP contribution in [0.25, 0.3) is 11.4 Å². The molecule has 0 saturated carbocycles. The summed E-state index contributed by atoms with van der Waals surface area (Å²) in [6, 6.07) is 7.33. The van der Waals surface area contributed by atoms with Crippen LogP contribution in [0.5, 0.6) is 5.75 Å². The number of esters is 1. The van der Waals surface area contributed by atoms with Gasteiger partial charge in [0.2, 0.25) is 5.82 Å². The van der Waals surface area contributed by atoms with Crippen LogP contribution < -0.4 is 4.74 Å². The Kier molecular flexibility index (Phi) is 6.98. The van der Waals surface area contributed by atoms with Crippen molar-refractivity contribution >= 4 is 16.0 Å². The van der Waals surface area contributed by atoms with E-state index in [0.29, 0.717) is 42.4 Å². The molecule has 4 rings (SSSR count). The predicted molar refractivity (Wildman–Crippen MR) is 120 cm³/mol. The van der Waals surface area contributed by atoms with Crippen LogP contribution in [0.2, 0.25) is 0 Å². The molecule has 1 saturated heterocycles. The van der Waals surface area contributed by atoms with Crippen molar-refractivity contribution in [2.45, 2.75) is 38.3 Å². The second-order valence-corrected chi connectivity index (χ2v) is 9.85.